The number of hydrogen-bond acceptors (Lipinski definition) is 6. The Labute approximate surface area is 197 Å². The Bertz CT molecular complexity index is 1230. The first-order valence-electron chi connectivity index (χ1n) is 10.3. The quantitative estimate of drug-likeness (QED) is 0.367. The number of nitriles is 1. The van der Waals surface area contributed by atoms with Crippen LogP contribution in [-0.2, 0) is 9.59 Å². The summed E-state index contributed by atoms with van der Waals surface area (Å²) >= 11 is 0. The monoisotopic (exact) mass is 457 g/mol. The molecule has 0 heterocycles. The molecule has 0 aliphatic heterocycles. The fraction of sp³-hybridized carbons (Fsp3) is 0.115. The molecule has 0 radical (unpaired) electrons. The van der Waals surface area contributed by atoms with Crippen LogP contribution in [0, 0.1) is 11.3 Å². The Balaban J connectivity index is 1.63. The summed E-state index contributed by atoms with van der Waals surface area (Å²) in [6, 6.07) is 22.5. The summed E-state index contributed by atoms with van der Waals surface area (Å²) < 4.78 is 15.9. The standard InChI is InChI=1S/C26H23N3O5/c1-32-21-12-10-20(11-13-21)28-26(31)19(16-27)14-18-6-5-7-22(15-18)34-17-25(30)29-23-8-3-4-9-24(23)33-2/h3-15H,17H2,1-2H3,(H,28,31)(H,29,30). The fourth-order valence-corrected chi connectivity index (χ4v) is 2.97. The van der Waals surface area contributed by atoms with Crippen LogP contribution in [0.1, 0.15) is 5.56 Å². The number of amides is 2. The highest BCUT2D eigenvalue weighted by Gasteiger charge is 2.11. The fourth-order valence-electron chi connectivity index (χ4n) is 2.97. The summed E-state index contributed by atoms with van der Waals surface area (Å²) in [5.74, 6) is 0.705. The Morgan fingerprint density at radius 1 is 0.912 bits per heavy atom. The van der Waals surface area contributed by atoms with E-state index in [2.05, 4.69) is 10.6 Å². The van der Waals surface area contributed by atoms with E-state index < -0.39 is 5.91 Å². The highest BCUT2D eigenvalue weighted by molar-refractivity contribution is 6.09. The molecular formula is C26H23N3O5. The molecule has 2 N–H and O–H groups in total. The molecule has 0 unspecified atom stereocenters. The first kappa shape index (κ1) is 23.9. The van der Waals surface area contributed by atoms with E-state index >= 15 is 0 Å². The minimum Gasteiger partial charge on any atom is -0.497 e. The van der Waals surface area contributed by atoms with Crippen LogP contribution in [0.3, 0.4) is 0 Å². The van der Waals surface area contributed by atoms with Gasteiger partial charge in [0.15, 0.2) is 6.61 Å². The van der Waals surface area contributed by atoms with E-state index in [4.69, 9.17) is 14.2 Å². The molecule has 172 valence electrons. The SMILES string of the molecule is COc1ccc(NC(=O)C(C#N)=Cc2cccc(OCC(=O)Nc3ccccc3OC)c2)cc1. The summed E-state index contributed by atoms with van der Waals surface area (Å²) in [5, 5.41) is 14.9. The van der Waals surface area contributed by atoms with Crippen LogP contribution in [0.25, 0.3) is 6.08 Å². The molecule has 0 aromatic heterocycles. The Kier molecular flexibility index (Phi) is 8.25. The van der Waals surface area contributed by atoms with Gasteiger partial charge in [-0.1, -0.05) is 24.3 Å². The lowest BCUT2D eigenvalue weighted by atomic mass is 10.1. The van der Waals surface area contributed by atoms with E-state index in [0.717, 1.165) is 0 Å². The topological polar surface area (TPSA) is 110 Å². The zero-order valence-electron chi connectivity index (χ0n) is 18.7. The maximum absolute atomic E-state index is 12.5. The minimum atomic E-state index is -0.546. The largest absolute Gasteiger partial charge is 0.497 e. The zero-order valence-corrected chi connectivity index (χ0v) is 18.7. The number of nitrogens with one attached hydrogen (secondary N) is 2. The number of ether oxygens (including phenoxy) is 3. The summed E-state index contributed by atoms with van der Waals surface area (Å²) in [6.45, 7) is -0.228. The lowest BCUT2D eigenvalue weighted by Crippen LogP contribution is -2.20. The summed E-state index contributed by atoms with van der Waals surface area (Å²) in [5.41, 5.74) is 1.56. The van der Waals surface area contributed by atoms with Crippen LogP contribution in [0.2, 0.25) is 0 Å². The van der Waals surface area contributed by atoms with Crippen molar-refractivity contribution >= 4 is 29.3 Å². The van der Waals surface area contributed by atoms with E-state index in [-0.39, 0.29) is 18.1 Å². The maximum Gasteiger partial charge on any atom is 0.266 e. The van der Waals surface area contributed by atoms with Gasteiger partial charge in [-0.3, -0.25) is 9.59 Å². The van der Waals surface area contributed by atoms with Crippen molar-refractivity contribution in [3.8, 4) is 23.3 Å². The van der Waals surface area contributed by atoms with E-state index in [1.165, 1.54) is 13.2 Å². The van der Waals surface area contributed by atoms with Crippen LogP contribution in [0.4, 0.5) is 11.4 Å². The van der Waals surface area contributed by atoms with Crippen molar-refractivity contribution < 1.29 is 23.8 Å². The van der Waals surface area contributed by atoms with Gasteiger partial charge < -0.3 is 24.8 Å². The summed E-state index contributed by atoms with van der Waals surface area (Å²) in [7, 11) is 3.07. The van der Waals surface area contributed by atoms with Gasteiger partial charge in [0.05, 0.1) is 19.9 Å². The molecule has 0 aliphatic carbocycles. The summed E-state index contributed by atoms with van der Waals surface area (Å²) in [4.78, 5) is 24.8. The number of nitrogens with zero attached hydrogens (tertiary/aromatic N) is 1. The molecule has 8 heteroatoms. The van der Waals surface area contributed by atoms with Crippen molar-refractivity contribution in [2.75, 3.05) is 31.5 Å². The number of anilines is 2. The molecule has 0 saturated heterocycles. The first-order chi connectivity index (χ1) is 16.5. The van der Waals surface area contributed by atoms with Crippen molar-refractivity contribution in [1.29, 1.82) is 5.26 Å². The molecule has 8 nitrogen and oxygen atoms in total. The normalized spacial score (nSPS) is 10.6. The number of methoxy groups -OCH3 is 2. The molecule has 2 amide bonds. The third-order valence-electron chi connectivity index (χ3n) is 4.63. The highest BCUT2D eigenvalue weighted by atomic mass is 16.5. The molecule has 0 spiro atoms. The molecule has 0 saturated carbocycles. The van der Waals surface area contributed by atoms with Crippen LogP contribution in [0.15, 0.2) is 78.4 Å². The van der Waals surface area contributed by atoms with Crippen LogP contribution >= 0.6 is 0 Å². The molecule has 3 rings (SSSR count). The van der Waals surface area contributed by atoms with Crippen LogP contribution in [0.5, 0.6) is 17.2 Å². The highest BCUT2D eigenvalue weighted by Crippen LogP contribution is 2.23. The van der Waals surface area contributed by atoms with Gasteiger partial charge in [0.25, 0.3) is 11.8 Å². The molecule has 0 bridgehead atoms. The van der Waals surface area contributed by atoms with Crippen LogP contribution in [-0.4, -0.2) is 32.6 Å². The third-order valence-corrected chi connectivity index (χ3v) is 4.63. The average Bonchev–Trinajstić information content (AvgIpc) is 2.87. The molecule has 0 aliphatic rings. The van der Waals surface area contributed by atoms with E-state index in [1.54, 1.807) is 79.9 Å². The number of hydrogen-bond donors (Lipinski definition) is 2. The van der Waals surface area contributed by atoms with E-state index in [1.807, 2.05) is 6.07 Å². The van der Waals surface area contributed by atoms with Gasteiger partial charge in [0.1, 0.15) is 28.9 Å². The van der Waals surface area contributed by atoms with Crippen molar-refractivity contribution in [2.45, 2.75) is 0 Å². The number of carbonyl (C=O) groups is 2. The van der Waals surface area contributed by atoms with Crippen molar-refractivity contribution in [3.05, 3.63) is 83.9 Å². The van der Waals surface area contributed by atoms with Gasteiger partial charge in [-0.2, -0.15) is 5.26 Å². The lowest BCUT2D eigenvalue weighted by molar-refractivity contribution is -0.118. The van der Waals surface area contributed by atoms with E-state index in [9.17, 15) is 14.9 Å². The molecule has 3 aromatic rings. The Hall–Kier alpha value is -4.77. The van der Waals surface area contributed by atoms with Gasteiger partial charge in [-0.15, -0.1) is 0 Å². The molecule has 3 aromatic carbocycles. The maximum atomic E-state index is 12.5. The molecule has 0 fully saturated rings. The van der Waals surface area contributed by atoms with Crippen molar-refractivity contribution in [2.24, 2.45) is 0 Å². The molecule has 0 atom stereocenters. The van der Waals surface area contributed by atoms with Crippen molar-refractivity contribution in [1.82, 2.24) is 0 Å². The molecular weight excluding hydrogens is 434 g/mol. The second kappa shape index (κ2) is 11.7. The Morgan fingerprint density at radius 3 is 2.38 bits per heavy atom. The van der Waals surface area contributed by atoms with Gasteiger partial charge >= 0.3 is 0 Å². The second-order valence-corrected chi connectivity index (χ2v) is 6.96. The van der Waals surface area contributed by atoms with Gasteiger partial charge in [-0.05, 0) is 60.2 Å². The van der Waals surface area contributed by atoms with Gasteiger partial charge in [0, 0.05) is 5.69 Å². The van der Waals surface area contributed by atoms with Crippen molar-refractivity contribution in [3.63, 3.8) is 0 Å². The van der Waals surface area contributed by atoms with E-state index in [0.29, 0.717) is 34.2 Å². The zero-order chi connectivity index (χ0) is 24.3. The number of rotatable bonds is 9. The number of carbonyl (C=O) groups excluding carboxylic acids is 2. The second-order valence-electron chi connectivity index (χ2n) is 6.96. The summed E-state index contributed by atoms with van der Waals surface area (Å²) in [6.07, 6.45) is 1.45. The predicted molar refractivity (Wildman–Crippen MR) is 129 cm³/mol. The van der Waals surface area contributed by atoms with Crippen LogP contribution < -0.4 is 24.8 Å². The number of para-hydroxylation sites is 2. The van der Waals surface area contributed by atoms with Gasteiger partial charge in [-0.25, -0.2) is 0 Å². The average molecular weight is 457 g/mol. The first-order valence-corrected chi connectivity index (χ1v) is 10.3. The Morgan fingerprint density at radius 2 is 1.68 bits per heavy atom. The smallest absolute Gasteiger partial charge is 0.266 e. The predicted octanol–water partition coefficient (Wildman–Crippen LogP) is 4.27. The molecule has 34 heavy (non-hydrogen) atoms. The third kappa shape index (κ3) is 6.61. The van der Waals surface area contributed by atoms with Gasteiger partial charge in [0.2, 0.25) is 0 Å². The minimum absolute atomic E-state index is 0.0816. The number of benzene rings is 3. The lowest BCUT2D eigenvalue weighted by Gasteiger charge is -2.11.